The van der Waals surface area contributed by atoms with Crippen molar-refractivity contribution in [2.75, 3.05) is 6.54 Å². The Morgan fingerprint density at radius 1 is 1.43 bits per heavy atom. The maximum Gasteiger partial charge on any atom is 0.407 e. The fourth-order valence-corrected chi connectivity index (χ4v) is 1.00. The highest BCUT2D eigenvalue weighted by Crippen LogP contribution is 2.00. The molecule has 0 unspecified atom stereocenters. The average molecular weight is 195 g/mol. The van der Waals surface area contributed by atoms with Crippen molar-refractivity contribution in [2.24, 2.45) is 0 Å². The molecule has 1 aromatic rings. The van der Waals surface area contributed by atoms with Crippen molar-refractivity contribution < 1.29 is 11.0 Å². The molecule has 1 aromatic carbocycles. The number of carbonyl (C=O) groups excluding carboxylic acids is 1. The maximum absolute atomic E-state index is 11.0. The van der Waals surface area contributed by atoms with Crippen LogP contribution in [-0.4, -0.2) is 12.6 Å². The van der Waals surface area contributed by atoms with Crippen LogP contribution in [0.3, 0.4) is 0 Å². The van der Waals surface area contributed by atoms with E-state index < -0.39 is 0 Å². The van der Waals surface area contributed by atoms with Gasteiger partial charge in [0.25, 0.3) is 0 Å². The lowest BCUT2D eigenvalue weighted by Gasteiger charge is -2.05. The Morgan fingerprint density at radius 3 is 2.79 bits per heavy atom. The molecular weight excluding hydrogens is 178 g/mol. The molecule has 0 aliphatic rings. The molecule has 0 spiro atoms. The summed E-state index contributed by atoms with van der Waals surface area (Å²) >= 11 is 0. The van der Waals surface area contributed by atoms with Gasteiger partial charge in [-0.25, -0.2) is 4.79 Å². The van der Waals surface area contributed by atoms with E-state index in [1.165, 1.54) is 0 Å². The van der Waals surface area contributed by atoms with Crippen molar-refractivity contribution in [3.05, 3.63) is 35.9 Å². The Hall–Kier alpha value is -1.51. The van der Waals surface area contributed by atoms with Gasteiger partial charge in [0.05, 0.1) is 0 Å². The molecule has 0 saturated heterocycles. The highest BCUT2D eigenvalue weighted by molar-refractivity contribution is 5.67. The summed E-state index contributed by atoms with van der Waals surface area (Å²) in [6.07, 6.45) is 0.566. The monoisotopic (exact) mass is 195 g/mol. The van der Waals surface area contributed by atoms with Crippen molar-refractivity contribution in [1.82, 2.24) is 5.32 Å². The lowest BCUT2D eigenvalue weighted by Crippen LogP contribution is -2.24. The topological polar surface area (TPSA) is 38.3 Å². The van der Waals surface area contributed by atoms with Gasteiger partial charge in [0, 0.05) is 7.97 Å². The van der Waals surface area contributed by atoms with Crippen LogP contribution in [0.1, 0.15) is 20.3 Å². The number of rotatable bonds is 4. The van der Waals surface area contributed by atoms with Gasteiger partial charge in [0.1, 0.15) is 6.61 Å². The van der Waals surface area contributed by atoms with Crippen molar-refractivity contribution in [1.29, 1.82) is 0 Å². The van der Waals surface area contributed by atoms with Crippen molar-refractivity contribution in [3.8, 4) is 0 Å². The van der Waals surface area contributed by atoms with E-state index in [9.17, 15) is 4.79 Å². The van der Waals surface area contributed by atoms with Gasteiger partial charge in [-0.1, -0.05) is 37.3 Å². The van der Waals surface area contributed by atoms with E-state index in [1.807, 2.05) is 37.3 Å². The fraction of sp³-hybridized carbons (Fsp3) is 0.364. The molecule has 1 N–H and O–H groups in total. The van der Waals surface area contributed by atoms with Gasteiger partial charge < -0.3 is 10.1 Å². The van der Waals surface area contributed by atoms with Crippen LogP contribution >= 0.6 is 0 Å². The van der Waals surface area contributed by atoms with Crippen LogP contribution in [0.2, 0.25) is 0 Å². The molecule has 0 aromatic heterocycles. The minimum atomic E-state index is -0.351. The SMILES string of the molecule is CCCNC(=O)OCc1ccccc1.[HH]. The minimum absolute atomic E-state index is 0. The van der Waals surface area contributed by atoms with Crippen LogP contribution in [-0.2, 0) is 11.3 Å². The second-order valence-electron chi connectivity index (χ2n) is 2.99. The molecule has 3 heteroatoms. The summed E-state index contributed by atoms with van der Waals surface area (Å²) in [5, 5.41) is 2.64. The summed E-state index contributed by atoms with van der Waals surface area (Å²) < 4.78 is 4.98. The molecule has 0 atom stereocenters. The van der Waals surface area contributed by atoms with E-state index in [0.717, 1.165) is 12.0 Å². The van der Waals surface area contributed by atoms with E-state index in [4.69, 9.17) is 4.74 Å². The normalized spacial score (nSPS) is 9.50. The van der Waals surface area contributed by atoms with Crippen LogP contribution in [0.25, 0.3) is 0 Å². The summed E-state index contributed by atoms with van der Waals surface area (Å²) in [5.41, 5.74) is 0.999. The Bertz CT molecular complexity index is 277. The minimum Gasteiger partial charge on any atom is -0.445 e. The first-order valence-corrected chi connectivity index (χ1v) is 4.77. The lowest BCUT2D eigenvalue weighted by molar-refractivity contribution is 0.139. The largest absolute Gasteiger partial charge is 0.445 e. The Morgan fingerprint density at radius 2 is 2.14 bits per heavy atom. The van der Waals surface area contributed by atoms with Gasteiger partial charge in [0.2, 0.25) is 0 Å². The first-order chi connectivity index (χ1) is 6.83. The van der Waals surface area contributed by atoms with Crippen molar-refractivity contribution in [2.45, 2.75) is 20.0 Å². The number of ether oxygens (including phenoxy) is 1. The van der Waals surface area contributed by atoms with Gasteiger partial charge in [-0.3, -0.25) is 0 Å². The van der Waals surface area contributed by atoms with Crippen LogP contribution in [0, 0.1) is 0 Å². The number of carbonyl (C=O) groups is 1. The van der Waals surface area contributed by atoms with Gasteiger partial charge in [-0.2, -0.15) is 0 Å². The molecular formula is C11H17NO2. The molecule has 0 radical (unpaired) electrons. The third-order valence-electron chi connectivity index (χ3n) is 1.73. The molecule has 1 amide bonds. The zero-order chi connectivity index (χ0) is 10.2. The Balaban J connectivity index is 0.00000196. The molecule has 0 heterocycles. The molecule has 78 valence electrons. The predicted octanol–water partition coefficient (Wildman–Crippen LogP) is 2.57. The quantitative estimate of drug-likeness (QED) is 0.801. The fourth-order valence-electron chi connectivity index (χ4n) is 1.00. The molecule has 0 aliphatic carbocycles. The van der Waals surface area contributed by atoms with Crippen molar-refractivity contribution in [3.63, 3.8) is 0 Å². The van der Waals surface area contributed by atoms with Crippen molar-refractivity contribution >= 4 is 6.09 Å². The molecule has 0 fully saturated rings. The number of hydrogen-bond donors (Lipinski definition) is 1. The first kappa shape index (κ1) is 10.6. The molecule has 14 heavy (non-hydrogen) atoms. The first-order valence-electron chi connectivity index (χ1n) is 4.77. The van der Waals surface area contributed by atoms with E-state index >= 15 is 0 Å². The summed E-state index contributed by atoms with van der Waals surface area (Å²) in [6.45, 7) is 2.99. The van der Waals surface area contributed by atoms with Gasteiger partial charge in [0.15, 0.2) is 0 Å². The molecule has 0 saturated carbocycles. The van der Waals surface area contributed by atoms with E-state index in [2.05, 4.69) is 5.32 Å². The summed E-state index contributed by atoms with van der Waals surface area (Å²) in [5.74, 6) is 0. The average Bonchev–Trinajstić information content (AvgIpc) is 2.25. The number of alkyl carbamates (subject to hydrolysis) is 1. The Kier molecular flexibility index (Phi) is 4.55. The van der Waals surface area contributed by atoms with E-state index in [1.54, 1.807) is 0 Å². The second kappa shape index (κ2) is 6.02. The van der Waals surface area contributed by atoms with Crippen LogP contribution < -0.4 is 5.32 Å². The molecule has 3 nitrogen and oxygen atoms in total. The lowest BCUT2D eigenvalue weighted by atomic mass is 10.2. The standard InChI is InChI=1S/C11H15NO2.H2/c1-2-8-12-11(13)14-9-10-6-4-3-5-7-10;/h3-7H,2,8-9H2,1H3,(H,12,13);1H. The molecule has 1 rings (SSSR count). The molecule has 0 bridgehead atoms. The summed E-state index contributed by atoms with van der Waals surface area (Å²) in [6, 6.07) is 9.62. The highest BCUT2D eigenvalue weighted by Gasteiger charge is 1.99. The number of benzene rings is 1. The van der Waals surface area contributed by atoms with Crippen LogP contribution in [0.4, 0.5) is 4.79 Å². The third kappa shape index (κ3) is 3.94. The van der Waals surface area contributed by atoms with Gasteiger partial charge >= 0.3 is 6.09 Å². The number of amides is 1. The summed E-state index contributed by atoms with van der Waals surface area (Å²) in [4.78, 5) is 11.0. The predicted molar refractivity (Wildman–Crippen MR) is 57.0 cm³/mol. The zero-order valence-electron chi connectivity index (χ0n) is 8.32. The zero-order valence-corrected chi connectivity index (χ0v) is 8.32. The summed E-state index contributed by atoms with van der Waals surface area (Å²) in [7, 11) is 0. The third-order valence-corrected chi connectivity index (χ3v) is 1.73. The van der Waals surface area contributed by atoms with E-state index in [-0.39, 0.29) is 7.52 Å². The maximum atomic E-state index is 11.0. The van der Waals surface area contributed by atoms with Gasteiger partial charge in [-0.05, 0) is 12.0 Å². The molecule has 0 aliphatic heterocycles. The Labute approximate surface area is 85.6 Å². The van der Waals surface area contributed by atoms with Crippen LogP contribution in [0.15, 0.2) is 30.3 Å². The highest BCUT2D eigenvalue weighted by atomic mass is 16.5. The number of nitrogens with one attached hydrogen (secondary N) is 1. The van der Waals surface area contributed by atoms with Crippen LogP contribution in [0.5, 0.6) is 0 Å². The number of hydrogen-bond acceptors (Lipinski definition) is 2. The smallest absolute Gasteiger partial charge is 0.407 e. The second-order valence-corrected chi connectivity index (χ2v) is 2.99. The van der Waals surface area contributed by atoms with E-state index in [0.29, 0.717) is 13.2 Å². The van der Waals surface area contributed by atoms with Gasteiger partial charge in [-0.15, -0.1) is 0 Å².